The minimum Gasteiger partial charge on any atom is -0.493 e. The van der Waals surface area contributed by atoms with Crippen LogP contribution in [0.15, 0.2) is 24.3 Å². The fourth-order valence-electron chi connectivity index (χ4n) is 2.51. The van der Waals surface area contributed by atoms with E-state index in [0.29, 0.717) is 29.8 Å². The molecule has 0 radical (unpaired) electrons. The van der Waals surface area contributed by atoms with Crippen molar-refractivity contribution in [1.29, 1.82) is 0 Å². The van der Waals surface area contributed by atoms with E-state index in [-0.39, 0.29) is 11.7 Å². The first-order valence-electron chi connectivity index (χ1n) is 6.75. The van der Waals surface area contributed by atoms with E-state index in [9.17, 15) is 4.79 Å². The third-order valence-electron chi connectivity index (χ3n) is 3.19. The summed E-state index contributed by atoms with van der Waals surface area (Å²) in [6.45, 7) is 10.9. The predicted molar refractivity (Wildman–Crippen MR) is 75.1 cm³/mol. The van der Waals surface area contributed by atoms with E-state index in [1.54, 1.807) is 0 Å². The Hall–Kier alpha value is -1.31. The lowest BCUT2D eigenvalue weighted by Crippen LogP contribution is -2.26. The minimum absolute atomic E-state index is 0.0478. The van der Waals surface area contributed by atoms with E-state index < -0.39 is 0 Å². The zero-order valence-electron chi connectivity index (χ0n) is 12.1. The molecule has 0 aliphatic heterocycles. The monoisotopic (exact) mass is 248 g/mol. The predicted octanol–water partition coefficient (Wildman–Crippen LogP) is 4.20. The molecule has 1 aromatic carbocycles. The van der Waals surface area contributed by atoms with Gasteiger partial charge in [0.05, 0.1) is 12.2 Å². The molecule has 0 aliphatic carbocycles. The van der Waals surface area contributed by atoms with Gasteiger partial charge >= 0.3 is 0 Å². The number of hydrogen-bond acceptors (Lipinski definition) is 2. The lowest BCUT2D eigenvalue weighted by molar-refractivity contribution is 0.0836. The Bertz CT molecular complexity index is 386. The van der Waals surface area contributed by atoms with Crippen LogP contribution >= 0.6 is 0 Å². The lowest BCUT2D eigenvalue weighted by atomic mass is 9.80. The van der Waals surface area contributed by atoms with E-state index in [4.69, 9.17) is 4.74 Å². The van der Waals surface area contributed by atoms with Gasteiger partial charge in [-0.25, -0.2) is 0 Å². The highest BCUT2D eigenvalue weighted by molar-refractivity contribution is 6.00. The highest BCUT2D eigenvalue weighted by Gasteiger charge is 2.28. The molecule has 0 spiro atoms. The average molecular weight is 248 g/mol. The van der Waals surface area contributed by atoms with E-state index >= 15 is 0 Å². The summed E-state index contributed by atoms with van der Waals surface area (Å²) in [5, 5.41) is 0. The summed E-state index contributed by atoms with van der Waals surface area (Å²) in [6, 6.07) is 7.54. The molecule has 1 aromatic rings. The molecule has 2 nitrogen and oxygen atoms in total. The van der Waals surface area contributed by atoms with Crippen LogP contribution in [0, 0.1) is 17.8 Å². The number of carbonyl (C=O) groups excluding carboxylic acids is 1. The highest BCUT2D eigenvalue weighted by atomic mass is 16.5. The molecule has 0 amide bonds. The zero-order valence-corrected chi connectivity index (χ0v) is 12.1. The van der Waals surface area contributed by atoms with Crippen LogP contribution in [0.2, 0.25) is 0 Å². The van der Waals surface area contributed by atoms with Crippen LogP contribution in [0.3, 0.4) is 0 Å². The molecule has 0 aromatic heterocycles. The molecule has 2 heteroatoms. The van der Waals surface area contributed by atoms with Crippen LogP contribution in [0.4, 0.5) is 0 Å². The molecular weight excluding hydrogens is 224 g/mol. The Labute approximate surface area is 110 Å². The van der Waals surface area contributed by atoms with Crippen molar-refractivity contribution in [2.45, 2.75) is 34.6 Å². The Kier molecular flexibility index (Phi) is 5.39. The molecular formula is C16H24O2. The maximum absolute atomic E-state index is 12.6. The van der Waals surface area contributed by atoms with Gasteiger partial charge in [0.1, 0.15) is 5.75 Å². The third-order valence-corrected chi connectivity index (χ3v) is 3.19. The number of rotatable bonds is 6. The van der Waals surface area contributed by atoms with Crippen LogP contribution in [-0.4, -0.2) is 12.4 Å². The molecule has 0 unspecified atom stereocenters. The van der Waals surface area contributed by atoms with Crippen molar-refractivity contribution in [2.24, 2.45) is 17.8 Å². The van der Waals surface area contributed by atoms with Crippen molar-refractivity contribution in [1.82, 2.24) is 0 Å². The summed E-state index contributed by atoms with van der Waals surface area (Å²) in [5.41, 5.74) is 0.715. The second kappa shape index (κ2) is 6.58. The molecule has 0 bridgehead atoms. The van der Waals surface area contributed by atoms with E-state index in [0.717, 1.165) is 0 Å². The Balaban J connectivity index is 3.08. The molecule has 1 rings (SSSR count). The normalized spacial score (nSPS) is 11.3. The van der Waals surface area contributed by atoms with Gasteiger partial charge in [0.2, 0.25) is 0 Å². The largest absolute Gasteiger partial charge is 0.493 e. The number of Topliss-reactive ketones (excluding diaryl/α,β-unsaturated/α-hetero) is 1. The molecule has 100 valence electrons. The van der Waals surface area contributed by atoms with Crippen molar-refractivity contribution in [3.63, 3.8) is 0 Å². The van der Waals surface area contributed by atoms with Crippen molar-refractivity contribution in [2.75, 3.05) is 6.61 Å². The van der Waals surface area contributed by atoms with Gasteiger partial charge in [0.25, 0.3) is 0 Å². The van der Waals surface area contributed by atoms with Crippen LogP contribution < -0.4 is 4.74 Å². The first kappa shape index (κ1) is 14.7. The van der Waals surface area contributed by atoms with Crippen molar-refractivity contribution >= 4 is 5.78 Å². The van der Waals surface area contributed by atoms with E-state index in [1.807, 2.05) is 31.2 Å². The third kappa shape index (κ3) is 3.34. The summed E-state index contributed by atoms with van der Waals surface area (Å²) < 4.78 is 5.55. The average Bonchev–Trinajstić information content (AvgIpc) is 2.29. The number of hydrogen-bond donors (Lipinski definition) is 0. The standard InChI is InChI=1S/C16H24O2/c1-6-18-14-10-8-7-9-13(14)16(17)15(11(2)3)12(4)5/h7-12,15H,6H2,1-5H3. The topological polar surface area (TPSA) is 26.3 Å². The Morgan fingerprint density at radius 2 is 1.67 bits per heavy atom. The van der Waals surface area contributed by atoms with E-state index in [2.05, 4.69) is 27.7 Å². The van der Waals surface area contributed by atoms with Gasteiger partial charge in [0.15, 0.2) is 5.78 Å². The molecule has 0 saturated heterocycles. The second-order valence-corrected chi connectivity index (χ2v) is 5.31. The van der Waals surface area contributed by atoms with Gasteiger partial charge in [-0.05, 0) is 30.9 Å². The number of benzene rings is 1. The van der Waals surface area contributed by atoms with Gasteiger partial charge < -0.3 is 4.74 Å². The molecule has 0 heterocycles. The molecule has 0 fully saturated rings. The highest BCUT2D eigenvalue weighted by Crippen LogP contribution is 2.29. The summed E-state index contributed by atoms with van der Waals surface area (Å²) in [6.07, 6.45) is 0. The molecule has 0 saturated carbocycles. The van der Waals surface area contributed by atoms with E-state index in [1.165, 1.54) is 0 Å². The smallest absolute Gasteiger partial charge is 0.170 e. The SMILES string of the molecule is CCOc1ccccc1C(=O)C(C(C)C)C(C)C. The fraction of sp³-hybridized carbons (Fsp3) is 0.562. The number of ketones is 1. The molecule has 0 N–H and O–H groups in total. The maximum atomic E-state index is 12.6. The summed E-state index contributed by atoms with van der Waals surface area (Å²) in [4.78, 5) is 12.6. The quantitative estimate of drug-likeness (QED) is 0.705. The fourth-order valence-corrected chi connectivity index (χ4v) is 2.51. The van der Waals surface area contributed by atoms with Gasteiger partial charge in [-0.3, -0.25) is 4.79 Å². The maximum Gasteiger partial charge on any atom is 0.170 e. The van der Waals surface area contributed by atoms with Gasteiger partial charge in [-0.2, -0.15) is 0 Å². The lowest BCUT2D eigenvalue weighted by Gasteiger charge is -2.24. The number of ether oxygens (including phenoxy) is 1. The first-order chi connectivity index (χ1) is 8.49. The zero-order chi connectivity index (χ0) is 13.7. The van der Waals surface area contributed by atoms with Crippen molar-refractivity contribution in [3.05, 3.63) is 29.8 Å². The Morgan fingerprint density at radius 1 is 1.11 bits per heavy atom. The molecule has 0 aliphatic rings. The first-order valence-corrected chi connectivity index (χ1v) is 6.75. The summed E-state index contributed by atoms with van der Waals surface area (Å²) >= 11 is 0. The van der Waals surface area contributed by atoms with Crippen LogP contribution in [0.25, 0.3) is 0 Å². The molecule has 0 atom stereocenters. The van der Waals surface area contributed by atoms with Gasteiger partial charge in [-0.1, -0.05) is 39.8 Å². The summed E-state index contributed by atoms with van der Waals surface area (Å²) in [5.74, 6) is 1.63. The molecule has 18 heavy (non-hydrogen) atoms. The summed E-state index contributed by atoms with van der Waals surface area (Å²) in [7, 11) is 0. The van der Waals surface area contributed by atoms with Crippen molar-refractivity contribution < 1.29 is 9.53 Å². The number of para-hydroxylation sites is 1. The minimum atomic E-state index is 0.0478. The van der Waals surface area contributed by atoms with Gasteiger partial charge in [-0.15, -0.1) is 0 Å². The van der Waals surface area contributed by atoms with Crippen LogP contribution in [0.1, 0.15) is 45.0 Å². The Morgan fingerprint density at radius 3 is 2.17 bits per heavy atom. The van der Waals surface area contributed by atoms with Crippen LogP contribution in [-0.2, 0) is 0 Å². The number of carbonyl (C=O) groups is 1. The second-order valence-electron chi connectivity index (χ2n) is 5.31. The van der Waals surface area contributed by atoms with Gasteiger partial charge in [0, 0.05) is 5.92 Å². The van der Waals surface area contributed by atoms with Crippen molar-refractivity contribution in [3.8, 4) is 5.75 Å². The van der Waals surface area contributed by atoms with Crippen LogP contribution in [0.5, 0.6) is 5.75 Å².